The molecule has 0 aliphatic rings. The fourth-order valence-corrected chi connectivity index (χ4v) is 4.52. The van der Waals surface area contributed by atoms with Crippen molar-refractivity contribution in [1.29, 1.82) is 0 Å². The molecule has 0 heterocycles. The third-order valence-electron chi connectivity index (χ3n) is 5.33. The van der Waals surface area contributed by atoms with Crippen LogP contribution in [0.15, 0.2) is 72.8 Å². The van der Waals surface area contributed by atoms with Crippen LogP contribution < -0.4 is 19.1 Å². The molecule has 0 fully saturated rings. The Morgan fingerprint density at radius 1 is 0.971 bits per heavy atom. The van der Waals surface area contributed by atoms with E-state index in [1.165, 1.54) is 4.31 Å². The van der Waals surface area contributed by atoms with Crippen LogP contribution in [0.1, 0.15) is 41.4 Å². The molecule has 0 aliphatic heterocycles. The normalized spacial score (nSPS) is 12.0. The Morgan fingerprint density at radius 3 is 2.21 bits per heavy atom. The number of amides is 1. The first-order valence-electron chi connectivity index (χ1n) is 11.0. The molecular weight excluding hydrogens is 452 g/mol. The molecule has 3 aromatic rings. The van der Waals surface area contributed by atoms with Crippen molar-refractivity contribution >= 4 is 21.6 Å². The maximum Gasteiger partial charge on any atom is 0.251 e. The average molecular weight is 483 g/mol. The monoisotopic (exact) mass is 482 g/mol. The van der Waals surface area contributed by atoms with Crippen LogP contribution in [-0.2, 0) is 16.6 Å². The second-order valence-corrected chi connectivity index (χ2v) is 9.71. The van der Waals surface area contributed by atoms with Crippen LogP contribution in [0, 0.1) is 0 Å². The fourth-order valence-electron chi connectivity index (χ4n) is 3.63. The lowest BCUT2D eigenvalue weighted by molar-refractivity contribution is 0.0939. The number of para-hydroxylation sites is 3. The molecule has 34 heavy (non-hydrogen) atoms. The minimum absolute atomic E-state index is 0.114. The van der Waals surface area contributed by atoms with E-state index in [2.05, 4.69) is 5.32 Å². The fraction of sp³-hybridized carbons (Fsp3) is 0.269. The molecule has 8 heteroatoms. The number of methoxy groups -OCH3 is 1. The van der Waals surface area contributed by atoms with Crippen LogP contribution in [0.3, 0.4) is 0 Å². The largest absolute Gasteiger partial charge is 0.496 e. The lowest BCUT2D eigenvalue weighted by Crippen LogP contribution is -2.30. The first-order chi connectivity index (χ1) is 16.2. The van der Waals surface area contributed by atoms with Gasteiger partial charge in [-0.3, -0.25) is 9.10 Å². The summed E-state index contributed by atoms with van der Waals surface area (Å²) in [5, 5.41) is 2.98. The number of ether oxygens (including phenoxy) is 2. The van der Waals surface area contributed by atoms with E-state index < -0.39 is 10.0 Å². The minimum atomic E-state index is -3.57. The smallest absolute Gasteiger partial charge is 0.251 e. The molecule has 1 N–H and O–H groups in total. The predicted molar refractivity (Wildman–Crippen MR) is 134 cm³/mol. The number of nitrogens with zero attached hydrogens (tertiary/aromatic N) is 1. The maximum atomic E-state index is 12.8. The van der Waals surface area contributed by atoms with E-state index in [1.807, 2.05) is 38.1 Å². The highest BCUT2D eigenvalue weighted by molar-refractivity contribution is 7.92. The Bertz CT molecular complexity index is 1230. The number of anilines is 1. The van der Waals surface area contributed by atoms with Gasteiger partial charge in [-0.2, -0.15) is 0 Å². The van der Waals surface area contributed by atoms with Gasteiger partial charge in [-0.15, -0.1) is 0 Å². The van der Waals surface area contributed by atoms with Gasteiger partial charge in [-0.25, -0.2) is 8.42 Å². The Kier molecular flexibility index (Phi) is 8.17. The summed E-state index contributed by atoms with van der Waals surface area (Å²) in [6, 6.07) is 21.2. The number of nitrogens with one attached hydrogen (secondary N) is 1. The SMILES string of the molecule is CCOc1ccccc1N(Cc1ccc(C(=O)N[C@H](C)c2ccccc2OC)cc1)S(C)(=O)=O. The van der Waals surface area contributed by atoms with Crippen molar-refractivity contribution < 1.29 is 22.7 Å². The lowest BCUT2D eigenvalue weighted by atomic mass is 10.1. The molecule has 1 amide bonds. The molecule has 180 valence electrons. The molecule has 0 unspecified atom stereocenters. The molecule has 0 saturated carbocycles. The Hall–Kier alpha value is -3.52. The number of carbonyl (C=O) groups is 1. The van der Waals surface area contributed by atoms with Crippen molar-refractivity contribution in [3.05, 3.63) is 89.5 Å². The van der Waals surface area contributed by atoms with Gasteiger partial charge in [0.15, 0.2) is 0 Å². The number of carbonyl (C=O) groups excluding carboxylic acids is 1. The van der Waals surface area contributed by atoms with Crippen molar-refractivity contribution in [2.75, 3.05) is 24.3 Å². The van der Waals surface area contributed by atoms with Gasteiger partial charge in [0.2, 0.25) is 10.0 Å². The Labute approximate surface area is 201 Å². The van der Waals surface area contributed by atoms with Gasteiger partial charge in [-0.05, 0) is 49.7 Å². The summed E-state index contributed by atoms with van der Waals surface area (Å²) in [6.07, 6.45) is 1.16. The van der Waals surface area contributed by atoms with Crippen molar-refractivity contribution in [1.82, 2.24) is 5.32 Å². The minimum Gasteiger partial charge on any atom is -0.496 e. The number of sulfonamides is 1. The summed E-state index contributed by atoms with van der Waals surface area (Å²) in [5.74, 6) is 0.974. The van der Waals surface area contributed by atoms with Gasteiger partial charge in [0, 0.05) is 11.1 Å². The lowest BCUT2D eigenvalue weighted by Gasteiger charge is -2.24. The first kappa shape index (κ1) is 25.1. The molecule has 7 nitrogen and oxygen atoms in total. The van der Waals surface area contributed by atoms with E-state index in [4.69, 9.17) is 9.47 Å². The molecule has 0 saturated heterocycles. The van der Waals surface area contributed by atoms with Crippen LogP contribution in [0.5, 0.6) is 11.5 Å². The Balaban J connectivity index is 1.77. The zero-order valence-electron chi connectivity index (χ0n) is 19.8. The summed E-state index contributed by atoms with van der Waals surface area (Å²) in [7, 11) is -1.98. The van der Waals surface area contributed by atoms with E-state index in [0.29, 0.717) is 29.4 Å². The van der Waals surface area contributed by atoms with Crippen LogP contribution in [-0.4, -0.2) is 34.3 Å². The number of benzene rings is 3. The summed E-state index contributed by atoms with van der Waals surface area (Å²) in [4.78, 5) is 12.8. The van der Waals surface area contributed by atoms with Crippen molar-refractivity contribution in [3.63, 3.8) is 0 Å². The van der Waals surface area contributed by atoms with Gasteiger partial charge in [0.05, 0.1) is 38.2 Å². The highest BCUT2D eigenvalue weighted by Gasteiger charge is 2.22. The van der Waals surface area contributed by atoms with Gasteiger partial charge in [0.1, 0.15) is 11.5 Å². The number of hydrogen-bond acceptors (Lipinski definition) is 5. The highest BCUT2D eigenvalue weighted by atomic mass is 32.2. The summed E-state index contributed by atoms with van der Waals surface area (Å²) >= 11 is 0. The molecule has 0 aliphatic carbocycles. The molecule has 0 radical (unpaired) electrons. The molecule has 0 bridgehead atoms. The molecule has 1 atom stereocenters. The molecular formula is C26H30N2O5S. The molecule has 3 rings (SSSR count). The average Bonchev–Trinajstić information content (AvgIpc) is 2.83. The second-order valence-electron chi connectivity index (χ2n) is 7.80. The summed E-state index contributed by atoms with van der Waals surface area (Å²) in [5.41, 5.74) is 2.57. The third kappa shape index (κ3) is 6.08. The third-order valence-corrected chi connectivity index (χ3v) is 6.46. The number of rotatable bonds is 10. The standard InChI is InChI=1S/C26H30N2O5S/c1-5-33-25-13-9-7-11-23(25)28(34(4,30)31)18-20-14-16-21(17-15-20)26(29)27-19(2)22-10-6-8-12-24(22)32-3/h6-17,19H,5,18H2,1-4H3,(H,27,29)/t19-/m1/s1. The molecule has 0 aromatic heterocycles. The quantitative estimate of drug-likeness (QED) is 0.458. The van der Waals surface area contributed by atoms with Gasteiger partial charge in [-0.1, -0.05) is 42.5 Å². The van der Waals surface area contributed by atoms with Gasteiger partial charge >= 0.3 is 0 Å². The zero-order valence-corrected chi connectivity index (χ0v) is 20.6. The first-order valence-corrected chi connectivity index (χ1v) is 12.8. The second kappa shape index (κ2) is 11.1. The Morgan fingerprint density at radius 2 is 1.59 bits per heavy atom. The van der Waals surface area contributed by atoms with Gasteiger partial charge in [0.25, 0.3) is 5.91 Å². The van der Waals surface area contributed by atoms with Crippen LogP contribution >= 0.6 is 0 Å². The van der Waals surface area contributed by atoms with Crippen molar-refractivity contribution in [3.8, 4) is 11.5 Å². The molecule has 3 aromatic carbocycles. The highest BCUT2D eigenvalue weighted by Crippen LogP contribution is 2.31. The molecule has 0 spiro atoms. The van der Waals surface area contributed by atoms with Crippen LogP contribution in [0.4, 0.5) is 5.69 Å². The van der Waals surface area contributed by atoms with Crippen LogP contribution in [0.2, 0.25) is 0 Å². The van der Waals surface area contributed by atoms with Crippen molar-refractivity contribution in [2.24, 2.45) is 0 Å². The predicted octanol–water partition coefficient (Wildman–Crippen LogP) is 4.55. The maximum absolute atomic E-state index is 12.8. The van der Waals surface area contributed by atoms with Crippen LogP contribution in [0.25, 0.3) is 0 Å². The number of hydrogen-bond donors (Lipinski definition) is 1. The van der Waals surface area contributed by atoms with Gasteiger partial charge < -0.3 is 14.8 Å². The zero-order chi connectivity index (χ0) is 24.7. The summed E-state index contributed by atoms with van der Waals surface area (Å²) < 4.78 is 37.5. The topological polar surface area (TPSA) is 84.9 Å². The summed E-state index contributed by atoms with van der Waals surface area (Å²) in [6.45, 7) is 4.28. The van der Waals surface area contributed by atoms with Crippen molar-refractivity contribution in [2.45, 2.75) is 26.4 Å². The van der Waals surface area contributed by atoms with E-state index in [0.717, 1.165) is 17.4 Å². The van der Waals surface area contributed by atoms with E-state index in [1.54, 1.807) is 55.6 Å². The van der Waals surface area contributed by atoms with E-state index >= 15 is 0 Å². The van der Waals surface area contributed by atoms with E-state index in [9.17, 15) is 13.2 Å². The van der Waals surface area contributed by atoms with E-state index in [-0.39, 0.29) is 18.5 Å².